The lowest BCUT2D eigenvalue weighted by Gasteiger charge is -2.21. The fraction of sp³-hybridized carbons (Fsp3) is 0.267. The summed E-state index contributed by atoms with van der Waals surface area (Å²) in [5, 5.41) is 0. The first-order chi connectivity index (χ1) is 9.31. The van der Waals surface area contributed by atoms with Gasteiger partial charge in [-0.05, 0) is 30.7 Å². The van der Waals surface area contributed by atoms with Gasteiger partial charge in [0, 0.05) is 13.1 Å². The third-order valence-electron chi connectivity index (χ3n) is 2.87. The van der Waals surface area contributed by atoms with E-state index in [1.807, 2.05) is 30.3 Å². The van der Waals surface area contributed by atoms with Crippen molar-refractivity contribution >= 4 is 18.3 Å². The van der Waals surface area contributed by atoms with Crippen molar-refractivity contribution in [3.05, 3.63) is 60.1 Å². The second kappa shape index (κ2) is 8.40. The van der Waals surface area contributed by atoms with Gasteiger partial charge in [-0.25, -0.2) is 0 Å². The van der Waals surface area contributed by atoms with E-state index in [0.29, 0.717) is 25.4 Å². The van der Waals surface area contributed by atoms with Crippen molar-refractivity contribution in [3.8, 4) is 0 Å². The topological polar surface area (TPSA) is 59.5 Å². The summed E-state index contributed by atoms with van der Waals surface area (Å²) < 4.78 is 5.17. The van der Waals surface area contributed by atoms with E-state index in [1.54, 1.807) is 17.0 Å². The molecule has 1 heterocycles. The number of nitrogens with two attached hydrogens (primary N) is 1. The molecule has 0 fully saturated rings. The van der Waals surface area contributed by atoms with E-state index in [4.69, 9.17) is 10.2 Å². The van der Waals surface area contributed by atoms with Crippen molar-refractivity contribution in [2.45, 2.75) is 13.0 Å². The third kappa shape index (κ3) is 4.40. The van der Waals surface area contributed by atoms with E-state index in [-0.39, 0.29) is 18.3 Å². The molecular formula is C15H19ClN2O2. The Morgan fingerprint density at radius 3 is 2.50 bits per heavy atom. The average molecular weight is 295 g/mol. The number of carbonyl (C=O) groups is 1. The Morgan fingerprint density at radius 1 is 1.15 bits per heavy atom. The Balaban J connectivity index is 0.00000200. The number of benzene rings is 1. The van der Waals surface area contributed by atoms with Crippen LogP contribution in [0.5, 0.6) is 0 Å². The molecule has 5 heteroatoms. The zero-order chi connectivity index (χ0) is 13.5. The van der Waals surface area contributed by atoms with Crippen LogP contribution in [0.25, 0.3) is 0 Å². The Hall–Kier alpha value is -1.78. The molecule has 0 spiro atoms. The lowest BCUT2D eigenvalue weighted by molar-refractivity contribution is 0.0710. The van der Waals surface area contributed by atoms with Gasteiger partial charge in [-0.2, -0.15) is 0 Å². The molecule has 2 aromatic rings. The van der Waals surface area contributed by atoms with Crippen molar-refractivity contribution in [2.24, 2.45) is 5.73 Å². The average Bonchev–Trinajstić information content (AvgIpc) is 2.98. The molecule has 4 nitrogen and oxygen atoms in total. The molecule has 0 aliphatic rings. The number of nitrogens with zero attached hydrogens (tertiary/aromatic N) is 1. The molecule has 0 aliphatic heterocycles. The first kappa shape index (κ1) is 16.3. The fourth-order valence-corrected chi connectivity index (χ4v) is 1.89. The van der Waals surface area contributed by atoms with E-state index in [1.165, 1.54) is 6.26 Å². The van der Waals surface area contributed by atoms with Gasteiger partial charge in [-0.3, -0.25) is 4.79 Å². The molecule has 1 aromatic heterocycles. The summed E-state index contributed by atoms with van der Waals surface area (Å²) in [5.41, 5.74) is 6.62. The summed E-state index contributed by atoms with van der Waals surface area (Å²) in [6.45, 7) is 1.77. The maximum atomic E-state index is 12.3. The van der Waals surface area contributed by atoms with Crippen LogP contribution in [0.3, 0.4) is 0 Å². The van der Waals surface area contributed by atoms with Gasteiger partial charge in [0.1, 0.15) is 0 Å². The summed E-state index contributed by atoms with van der Waals surface area (Å²) in [7, 11) is 0. The van der Waals surface area contributed by atoms with Crippen molar-refractivity contribution in [3.63, 3.8) is 0 Å². The predicted molar refractivity (Wildman–Crippen MR) is 80.8 cm³/mol. The highest BCUT2D eigenvalue weighted by Crippen LogP contribution is 2.11. The zero-order valence-corrected chi connectivity index (χ0v) is 12.0. The van der Waals surface area contributed by atoms with Crippen LogP contribution in [-0.2, 0) is 6.54 Å². The van der Waals surface area contributed by atoms with Gasteiger partial charge in [0.15, 0.2) is 5.76 Å². The molecule has 0 radical (unpaired) electrons. The molecule has 0 saturated heterocycles. The van der Waals surface area contributed by atoms with Crippen LogP contribution in [0, 0.1) is 0 Å². The monoisotopic (exact) mass is 294 g/mol. The molecular weight excluding hydrogens is 276 g/mol. The normalized spacial score (nSPS) is 9.85. The van der Waals surface area contributed by atoms with E-state index < -0.39 is 0 Å². The van der Waals surface area contributed by atoms with Crippen LogP contribution in [0.1, 0.15) is 22.5 Å². The molecule has 0 unspecified atom stereocenters. The highest BCUT2D eigenvalue weighted by molar-refractivity contribution is 5.91. The van der Waals surface area contributed by atoms with Gasteiger partial charge < -0.3 is 15.1 Å². The van der Waals surface area contributed by atoms with Gasteiger partial charge in [0.05, 0.1) is 6.26 Å². The molecule has 2 N–H and O–H groups in total. The Labute approximate surface area is 125 Å². The van der Waals surface area contributed by atoms with Gasteiger partial charge in [0.2, 0.25) is 0 Å². The third-order valence-corrected chi connectivity index (χ3v) is 2.87. The summed E-state index contributed by atoms with van der Waals surface area (Å²) in [6, 6.07) is 13.3. The number of amides is 1. The summed E-state index contributed by atoms with van der Waals surface area (Å²) in [6.07, 6.45) is 2.29. The molecule has 2 rings (SSSR count). The quantitative estimate of drug-likeness (QED) is 0.891. The van der Waals surface area contributed by atoms with Crippen LogP contribution in [0.2, 0.25) is 0 Å². The first-order valence-electron chi connectivity index (χ1n) is 6.38. The number of halogens is 1. The lowest BCUT2D eigenvalue weighted by Crippen LogP contribution is -2.32. The highest BCUT2D eigenvalue weighted by atomic mass is 35.5. The van der Waals surface area contributed by atoms with Gasteiger partial charge >= 0.3 is 0 Å². The summed E-state index contributed by atoms with van der Waals surface area (Å²) in [4.78, 5) is 14.1. The molecule has 0 atom stereocenters. The number of rotatable bonds is 6. The van der Waals surface area contributed by atoms with Gasteiger partial charge in [-0.15, -0.1) is 12.4 Å². The minimum atomic E-state index is -0.0951. The SMILES string of the molecule is Cl.NCCCN(Cc1ccccc1)C(=O)c1ccco1. The van der Waals surface area contributed by atoms with Crippen molar-refractivity contribution < 1.29 is 9.21 Å². The number of hydrogen-bond donors (Lipinski definition) is 1. The molecule has 1 aromatic carbocycles. The first-order valence-corrected chi connectivity index (χ1v) is 6.38. The molecule has 108 valence electrons. The standard InChI is InChI=1S/C15H18N2O2.ClH/c16-9-5-10-17(12-13-6-2-1-3-7-13)15(18)14-8-4-11-19-14;/h1-4,6-8,11H,5,9-10,12,16H2;1H. The fourth-order valence-electron chi connectivity index (χ4n) is 1.89. The highest BCUT2D eigenvalue weighted by Gasteiger charge is 2.17. The summed E-state index contributed by atoms with van der Waals surface area (Å²) in [5.74, 6) is 0.273. The zero-order valence-electron chi connectivity index (χ0n) is 11.2. The van der Waals surface area contributed by atoms with Crippen LogP contribution in [0.4, 0.5) is 0 Å². The molecule has 1 amide bonds. The van der Waals surface area contributed by atoms with Crippen LogP contribution >= 0.6 is 12.4 Å². The largest absolute Gasteiger partial charge is 0.459 e. The number of carbonyl (C=O) groups excluding carboxylic acids is 1. The second-order valence-electron chi connectivity index (χ2n) is 4.33. The second-order valence-corrected chi connectivity index (χ2v) is 4.33. The van der Waals surface area contributed by atoms with Crippen LogP contribution in [-0.4, -0.2) is 23.9 Å². The number of furan rings is 1. The Kier molecular flexibility index (Phi) is 6.84. The number of hydrogen-bond acceptors (Lipinski definition) is 3. The minimum Gasteiger partial charge on any atom is -0.459 e. The predicted octanol–water partition coefficient (Wildman–Crippen LogP) is 2.69. The lowest BCUT2D eigenvalue weighted by atomic mass is 10.2. The van der Waals surface area contributed by atoms with Crippen molar-refractivity contribution in [1.29, 1.82) is 0 Å². The van der Waals surface area contributed by atoms with E-state index in [9.17, 15) is 4.79 Å². The van der Waals surface area contributed by atoms with E-state index in [2.05, 4.69) is 0 Å². The van der Waals surface area contributed by atoms with Crippen molar-refractivity contribution in [2.75, 3.05) is 13.1 Å². The molecule has 20 heavy (non-hydrogen) atoms. The van der Waals surface area contributed by atoms with Gasteiger partial charge in [0.25, 0.3) is 5.91 Å². The molecule has 0 saturated carbocycles. The van der Waals surface area contributed by atoms with Crippen LogP contribution < -0.4 is 5.73 Å². The van der Waals surface area contributed by atoms with E-state index in [0.717, 1.165) is 12.0 Å². The Bertz CT molecular complexity index is 500. The van der Waals surface area contributed by atoms with E-state index >= 15 is 0 Å². The maximum Gasteiger partial charge on any atom is 0.289 e. The Morgan fingerprint density at radius 2 is 1.90 bits per heavy atom. The smallest absolute Gasteiger partial charge is 0.289 e. The maximum absolute atomic E-state index is 12.3. The van der Waals surface area contributed by atoms with Crippen molar-refractivity contribution in [1.82, 2.24) is 4.90 Å². The van der Waals surface area contributed by atoms with Gasteiger partial charge in [-0.1, -0.05) is 30.3 Å². The molecule has 0 aliphatic carbocycles. The minimum absolute atomic E-state index is 0. The molecule has 0 bridgehead atoms. The summed E-state index contributed by atoms with van der Waals surface area (Å²) >= 11 is 0. The van der Waals surface area contributed by atoms with Crippen LogP contribution in [0.15, 0.2) is 53.1 Å².